The maximum atomic E-state index is 13.4. The molecule has 1 aliphatic rings. The SMILES string of the molecule is CC[C@@H](c1cc(F)ccc1C)N1CCNCC1.Cl.Cl. The van der Waals surface area contributed by atoms with Crippen LogP contribution in [0.1, 0.15) is 30.5 Å². The first-order valence-electron chi connectivity index (χ1n) is 6.43. The predicted molar refractivity (Wildman–Crippen MR) is 83.1 cm³/mol. The van der Waals surface area contributed by atoms with Gasteiger partial charge in [0.1, 0.15) is 5.82 Å². The molecule has 0 aliphatic carbocycles. The largest absolute Gasteiger partial charge is 0.314 e. The van der Waals surface area contributed by atoms with E-state index < -0.39 is 0 Å². The molecule has 110 valence electrons. The van der Waals surface area contributed by atoms with Crippen molar-refractivity contribution in [1.82, 2.24) is 10.2 Å². The van der Waals surface area contributed by atoms with E-state index in [2.05, 4.69) is 24.1 Å². The average Bonchev–Trinajstić information content (AvgIpc) is 2.36. The van der Waals surface area contributed by atoms with E-state index in [4.69, 9.17) is 0 Å². The summed E-state index contributed by atoms with van der Waals surface area (Å²) < 4.78 is 13.4. The molecule has 1 saturated heterocycles. The molecule has 2 nitrogen and oxygen atoms in total. The van der Waals surface area contributed by atoms with Crippen molar-refractivity contribution in [3.63, 3.8) is 0 Å². The molecule has 1 aromatic rings. The molecule has 2 rings (SSSR count). The van der Waals surface area contributed by atoms with E-state index in [0.717, 1.165) is 38.2 Å². The highest BCUT2D eigenvalue weighted by atomic mass is 35.5. The smallest absolute Gasteiger partial charge is 0.123 e. The maximum absolute atomic E-state index is 13.4. The van der Waals surface area contributed by atoms with E-state index in [9.17, 15) is 4.39 Å². The number of benzene rings is 1. The zero-order valence-electron chi connectivity index (χ0n) is 11.5. The Kier molecular flexibility index (Phi) is 8.59. The average molecular weight is 309 g/mol. The van der Waals surface area contributed by atoms with Gasteiger partial charge in [0, 0.05) is 32.2 Å². The Hall–Kier alpha value is -0.350. The van der Waals surface area contributed by atoms with Crippen molar-refractivity contribution in [2.24, 2.45) is 0 Å². The topological polar surface area (TPSA) is 15.3 Å². The monoisotopic (exact) mass is 308 g/mol. The summed E-state index contributed by atoms with van der Waals surface area (Å²) in [5, 5.41) is 3.36. The van der Waals surface area contributed by atoms with Gasteiger partial charge < -0.3 is 5.32 Å². The Bertz CT molecular complexity index is 382. The van der Waals surface area contributed by atoms with Gasteiger partial charge in [-0.25, -0.2) is 4.39 Å². The van der Waals surface area contributed by atoms with Gasteiger partial charge in [0.15, 0.2) is 0 Å². The highest BCUT2D eigenvalue weighted by Crippen LogP contribution is 2.27. The van der Waals surface area contributed by atoms with Crippen LogP contribution >= 0.6 is 24.8 Å². The molecule has 1 atom stereocenters. The fourth-order valence-corrected chi connectivity index (χ4v) is 2.64. The summed E-state index contributed by atoms with van der Waals surface area (Å²) in [5.41, 5.74) is 2.34. The number of nitrogens with zero attached hydrogens (tertiary/aromatic N) is 1. The van der Waals surface area contributed by atoms with Crippen molar-refractivity contribution in [1.29, 1.82) is 0 Å². The molecule has 0 bridgehead atoms. The Morgan fingerprint density at radius 3 is 2.47 bits per heavy atom. The van der Waals surface area contributed by atoms with Crippen molar-refractivity contribution in [2.75, 3.05) is 26.2 Å². The molecule has 0 radical (unpaired) electrons. The van der Waals surface area contributed by atoms with E-state index in [1.807, 2.05) is 6.07 Å². The zero-order chi connectivity index (χ0) is 12.3. The number of hydrogen-bond donors (Lipinski definition) is 1. The molecule has 0 unspecified atom stereocenters. The quantitative estimate of drug-likeness (QED) is 0.921. The van der Waals surface area contributed by atoms with E-state index in [1.165, 1.54) is 5.56 Å². The van der Waals surface area contributed by atoms with Crippen molar-refractivity contribution < 1.29 is 4.39 Å². The number of nitrogens with one attached hydrogen (secondary N) is 1. The third kappa shape index (κ3) is 4.60. The fourth-order valence-electron chi connectivity index (χ4n) is 2.64. The van der Waals surface area contributed by atoms with Crippen LogP contribution in [0.15, 0.2) is 18.2 Å². The van der Waals surface area contributed by atoms with Gasteiger partial charge in [0.25, 0.3) is 0 Å². The van der Waals surface area contributed by atoms with Crippen LogP contribution in [0, 0.1) is 12.7 Å². The van der Waals surface area contributed by atoms with Crippen LogP contribution in [-0.4, -0.2) is 31.1 Å². The summed E-state index contributed by atoms with van der Waals surface area (Å²) in [7, 11) is 0. The summed E-state index contributed by atoms with van der Waals surface area (Å²) in [4.78, 5) is 2.46. The van der Waals surface area contributed by atoms with Crippen LogP contribution < -0.4 is 5.32 Å². The third-order valence-electron chi connectivity index (χ3n) is 3.58. The van der Waals surface area contributed by atoms with Gasteiger partial charge in [-0.15, -0.1) is 24.8 Å². The van der Waals surface area contributed by atoms with Crippen LogP contribution in [-0.2, 0) is 0 Å². The molecule has 0 amide bonds. The minimum absolute atomic E-state index is 0. The van der Waals surface area contributed by atoms with E-state index >= 15 is 0 Å². The summed E-state index contributed by atoms with van der Waals surface area (Å²) >= 11 is 0. The molecule has 0 aromatic heterocycles. The van der Waals surface area contributed by atoms with Crippen molar-refractivity contribution in [3.8, 4) is 0 Å². The van der Waals surface area contributed by atoms with Crippen molar-refractivity contribution in [3.05, 3.63) is 35.1 Å². The minimum Gasteiger partial charge on any atom is -0.314 e. The van der Waals surface area contributed by atoms with Crippen molar-refractivity contribution >= 4 is 24.8 Å². The van der Waals surface area contributed by atoms with E-state index in [1.54, 1.807) is 12.1 Å². The fraction of sp³-hybridized carbons (Fsp3) is 0.571. The van der Waals surface area contributed by atoms with Crippen molar-refractivity contribution in [2.45, 2.75) is 26.3 Å². The standard InChI is InChI=1S/C14H21FN2.2ClH/c1-3-14(17-8-6-16-7-9-17)13-10-12(15)5-4-11(13)2;;/h4-5,10,14,16H,3,6-9H2,1-2H3;2*1H/t14-;;/m0../s1. The van der Waals surface area contributed by atoms with Crippen LogP contribution in [0.5, 0.6) is 0 Å². The highest BCUT2D eigenvalue weighted by Gasteiger charge is 2.22. The van der Waals surface area contributed by atoms with Gasteiger partial charge in [-0.2, -0.15) is 0 Å². The Balaban J connectivity index is 0.00000162. The maximum Gasteiger partial charge on any atom is 0.123 e. The Labute approximate surface area is 127 Å². The van der Waals surface area contributed by atoms with Gasteiger partial charge in [-0.05, 0) is 36.6 Å². The second kappa shape index (κ2) is 8.75. The van der Waals surface area contributed by atoms with E-state index in [-0.39, 0.29) is 30.6 Å². The first-order valence-corrected chi connectivity index (χ1v) is 6.43. The summed E-state index contributed by atoms with van der Waals surface area (Å²) in [6.07, 6.45) is 1.03. The first-order chi connectivity index (χ1) is 8.22. The number of aryl methyl sites for hydroxylation is 1. The van der Waals surface area contributed by atoms with Crippen LogP contribution in [0.2, 0.25) is 0 Å². The van der Waals surface area contributed by atoms with Gasteiger partial charge in [-0.3, -0.25) is 4.90 Å². The lowest BCUT2D eigenvalue weighted by atomic mass is 9.97. The predicted octanol–water partition coefficient (Wildman–Crippen LogP) is 3.33. The van der Waals surface area contributed by atoms with Crippen LogP contribution in [0.3, 0.4) is 0 Å². The Morgan fingerprint density at radius 1 is 1.26 bits per heavy atom. The van der Waals surface area contributed by atoms with Gasteiger partial charge in [0.05, 0.1) is 0 Å². The molecule has 5 heteroatoms. The highest BCUT2D eigenvalue weighted by molar-refractivity contribution is 5.85. The number of halogens is 3. The lowest BCUT2D eigenvalue weighted by Gasteiger charge is -2.35. The molecule has 1 heterocycles. The molecule has 0 spiro atoms. The third-order valence-corrected chi connectivity index (χ3v) is 3.58. The molecule has 1 aromatic carbocycles. The molecule has 19 heavy (non-hydrogen) atoms. The Morgan fingerprint density at radius 2 is 1.89 bits per heavy atom. The summed E-state index contributed by atoms with van der Waals surface area (Å²) in [5.74, 6) is -0.126. The molecular weight excluding hydrogens is 286 g/mol. The minimum atomic E-state index is -0.126. The molecule has 0 saturated carbocycles. The molecular formula is C14H23Cl2FN2. The number of rotatable bonds is 3. The zero-order valence-corrected chi connectivity index (χ0v) is 13.1. The lowest BCUT2D eigenvalue weighted by Crippen LogP contribution is -2.45. The van der Waals surface area contributed by atoms with Gasteiger partial charge in [-0.1, -0.05) is 13.0 Å². The molecule has 1 N–H and O–H groups in total. The number of piperazine rings is 1. The summed E-state index contributed by atoms with van der Waals surface area (Å²) in [6, 6.07) is 5.48. The number of hydrogen-bond acceptors (Lipinski definition) is 2. The van der Waals surface area contributed by atoms with Crippen LogP contribution in [0.4, 0.5) is 4.39 Å². The van der Waals surface area contributed by atoms with Gasteiger partial charge >= 0.3 is 0 Å². The summed E-state index contributed by atoms with van der Waals surface area (Å²) in [6.45, 7) is 8.41. The second-order valence-corrected chi connectivity index (χ2v) is 4.71. The first kappa shape index (κ1) is 18.7. The molecule has 1 fully saturated rings. The normalized spacial score (nSPS) is 17.2. The molecule has 1 aliphatic heterocycles. The van der Waals surface area contributed by atoms with Gasteiger partial charge in [0.2, 0.25) is 0 Å². The van der Waals surface area contributed by atoms with Crippen LogP contribution in [0.25, 0.3) is 0 Å². The van der Waals surface area contributed by atoms with E-state index in [0.29, 0.717) is 6.04 Å². The lowest BCUT2D eigenvalue weighted by molar-refractivity contribution is 0.168. The second-order valence-electron chi connectivity index (χ2n) is 4.71.